The predicted molar refractivity (Wildman–Crippen MR) is 105 cm³/mol. The van der Waals surface area contributed by atoms with Gasteiger partial charge < -0.3 is 14.6 Å². The summed E-state index contributed by atoms with van der Waals surface area (Å²) >= 11 is 0. The second kappa shape index (κ2) is 10.4. The molecule has 0 spiro atoms. The Morgan fingerprint density at radius 3 is 2.77 bits per heavy atom. The van der Waals surface area contributed by atoms with Crippen LogP contribution in [-0.4, -0.2) is 90.2 Å². The van der Waals surface area contributed by atoms with Crippen molar-refractivity contribution in [2.45, 2.75) is 45.2 Å². The summed E-state index contributed by atoms with van der Waals surface area (Å²) in [5.41, 5.74) is 0. The zero-order valence-electron chi connectivity index (χ0n) is 16.7. The van der Waals surface area contributed by atoms with Gasteiger partial charge in [0.25, 0.3) is 0 Å². The Bertz CT molecular complexity index is 486. The van der Waals surface area contributed by atoms with E-state index in [9.17, 15) is 0 Å². The standard InChI is InChI=1S/C20H37N5O/c1-3-25-10-4-5-19(25)16-24(17-20-21-8-9-22-20)15-18-6-11-23(12-7-18)13-14-26-2/h8-9,18-19H,3-7,10-17H2,1-2H3,(H,21,22). The Morgan fingerprint density at radius 2 is 2.08 bits per heavy atom. The smallest absolute Gasteiger partial charge is 0.120 e. The van der Waals surface area contributed by atoms with Gasteiger partial charge in [0.2, 0.25) is 0 Å². The minimum absolute atomic E-state index is 0.719. The lowest BCUT2D eigenvalue weighted by molar-refractivity contribution is 0.0956. The van der Waals surface area contributed by atoms with E-state index in [0.29, 0.717) is 0 Å². The molecule has 1 atom stereocenters. The SMILES string of the molecule is CCN1CCCC1CN(Cc1ncc[nH]1)CC1CCN(CCOC)CC1. The number of likely N-dealkylation sites (tertiary alicyclic amines) is 2. The van der Waals surface area contributed by atoms with Crippen LogP contribution in [0.3, 0.4) is 0 Å². The van der Waals surface area contributed by atoms with Crippen molar-refractivity contribution in [1.29, 1.82) is 0 Å². The third-order valence-corrected chi connectivity index (χ3v) is 6.14. The lowest BCUT2D eigenvalue weighted by Crippen LogP contribution is -2.44. The highest BCUT2D eigenvalue weighted by Crippen LogP contribution is 2.22. The van der Waals surface area contributed by atoms with Crippen molar-refractivity contribution in [3.05, 3.63) is 18.2 Å². The molecule has 1 N–H and O–H groups in total. The topological polar surface area (TPSA) is 47.6 Å². The highest BCUT2D eigenvalue weighted by atomic mass is 16.5. The van der Waals surface area contributed by atoms with E-state index in [1.807, 2.05) is 12.4 Å². The monoisotopic (exact) mass is 363 g/mol. The molecule has 2 aliphatic rings. The lowest BCUT2D eigenvalue weighted by Gasteiger charge is -2.36. The third kappa shape index (κ3) is 5.78. The highest BCUT2D eigenvalue weighted by Gasteiger charge is 2.27. The van der Waals surface area contributed by atoms with Crippen LogP contribution in [0.4, 0.5) is 0 Å². The Morgan fingerprint density at radius 1 is 1.23 bits per heavy atom. The van der Waals surface area contributed by atoms with Gasteiger partial charge in [-0.25, -0.2) is 4.98 Å². The first-order valence-corrected chi connectivity index (χ1v) is 10.4. The zero-order chi connectivity index (χ0) is 18.2. The van der Waals surface area contributed by atoms with Crippen molar-refractivity contribution in [2.24, 2.45) is 5.92 Å². The van der Waals surface area contributed by atoms with E-state index in [-0.39, 0.29) is 0 Å². The second-order valence-electron chi connectivity index (χ2n) is 7.93. The molecular formula is C20H37N5O. The van der Waals surface area contributed by atoms with E-state index >= 15 is 0 Å². The highest BCUT2D eigenvalue weighted by molar-refractivity contribution is 4.90. The number of rotatable bonds is 10. The molecule has 148 valence electrons. The lowest BCUT2D eigenvalue weighted by atomic mass is 9.96. The molecular weight excluding hydrogens is 326 g/mol. The Hall–Kier alpha value is -0.950. The maximum Gasteiger partial charge on any atom is 0.120 e. The van der Waals surface area contributed by atoms with Crippen molar-refractivity contribution < 1.29 is 4.74 Å². The molecule has 3 rings (SSSR count). The van der Waals surface area contributed by atoms with Crippen LogP contribution in [-0.2, 0) is 11.3 Å². The number of aromatic nitrogens is 2. The van der Waals surface area contributed by atoms with Gasteiger partial charge in [-0.05, 0) is 57.8 Å². The molecule has 0 radical (unpaired) electrons. The van der Waals surface area contributed by atoms with Crippen LogP contribution in [0, 0.1) is 5.92 Å². The number of nitrogens with zero attached hydrogens (tertiary/aromatic N) is 4. The fourth-order valence-corrected chi connectivity index (χ4v) is 4.59. The van der Waals surface area contributed by atoms with Crippen molar-refractivity contribution in [2.75, 3.05) is 59.5 Å². The average molecular weight is 364 g/mol. The Labute approximate surface area is 158 Å². The summed E-state index contributed by atoms with van der Waals surface area (Å²) in [6, 6.07) is 0.719. The quantitative estimate of drug-likeness (QED) is 0.689. The molecule has 3 heterocycles. The van der Waals surface area contributed by atoms with Gasteiger partial charge in [-0.15, -0.1) is 0 Å². The number of aromatic amines is 1. The minimum atomic E-state index is 0.719. The largest absolute Gasteiger partial charge is 0.383 e. The number of likely N-dealkylation sites (N-methyl/N-ethyl adjacent to an activating group) is 1. The fourth-order valence-electron chi connectivity index (χ4n) is 4.59. The van der Waals surface area contributed by atoms with E-state index in [1.165, 1.54) is 65.0 Å². The molecule has 1 unspecified atom stereocenters. The number of ether oxygens (including phenoxy) is 1. The summed E-state index contributed by atoms with van der Waals surface area (Å²) in [4.78, 5) is 15.6. The maximum absolute atomic E-state index is 5.22. The summed E-state index contributed by atoms with van der Waals surface area (Å²) in [5, 5.41) is 0. The summed E-state index contributed by atoms with van der Waals surface area (Å²) in [6.45, 7) is 12.4. The van der Waals surface area contributed by atoms with Crippen LogP contribution in [0.25, 0.3) is 0 Å². The Balaban J connectivity index is 1.52. The van der Waals surface area contributed by atoms with E-state index in [0.717, 1.165) is 37.5 Å². The van der Waals surface area contributed by atoms with E-state index in [1.54, 1.807) is 7.11 Å². The molecule has 1 aromatic heterocycles. The molecule has 6 heteroatoms. The number of hydrogen-bond acceptors (Lipinski definition) is 5. The summed E-state index contributed by atoms with van der Waals surface area (Å²) in [7, 11) is 1.79. The number of methoxy groups -OCH3 is 1. The molecule has 0 bridgehead atoms. The van der Waals surface area contributed by atoms with Crippen LogP contribution in [0.1, 0.15) is 38.4 Å². The van der Waals surface area contributed by atoms with Crippen molar-refractivity contribution in [1.82, 2.24) is 24.7 Å². The van der Waals surface area contributed by atoms with Crippen LogP contribution in [0.2, 0.25) is 0 Å². The molecule has 2 aliphatic heterocycles. The van der Waals surface area contributed by atoms with Crippen molar-refractivity contribution >= 4 is 0 Å². The molecule has 0 amide bonds. The van der Waals surface area contributed by atoms with E-state index < -0.39 is 0 Å². The zero-order valence-corrected chi connectivity index (χ0v) is 16.7. The number of imidazole rings is 1. The number of nitrogens with one attached hydrogen (secondary N) is 1. The van der Waals surface area contributed by atoms with Crippen LogP contribution in [0.15, 0.2) is 12.4 Å². The van der Waals surface area contributed by atoms with E-state index in [4.69, 9.17) is 4.74 Å². The number of piperidine rings is 1. The van der Waals surface area contributed by atoms with Crippen LogP contribution < -0.4 is 0 Å². The van der Waals surface area contributed by atoms with Gasteiger partial charge in [0, 0.05) is 45.2 Å². The summed E-state index contributed by atoms with van der Waals surface area (Å²) in [5.74, 6) is 1.91. The first-order valence-electron chi connectivity index (χ1n) is 10.4. The van der Waals surface area contributed by atoms with Crippen LogP contribution >= 0.6 is 0 Å². The third-order valence-electron chi connectivity index (χ3n) is 6.14. The van der Waals surface area contributed by atoms with Gasteiger partial charge >= 0.3 is 0 Å². The van der Waals surface area contributed by atoms with Gasteiger partial charge in [0.05, 0.1) is 13.2 Å². The molecule has 2 saturated heterocycles. The van der Waals surface area contributed by atoms with Crippen molar-refractivity contribution in [3.8, 4) is 0 Å². The van der Waals surface area contributed by atoms with Crippen LogP contribution in [0.5, 0.6) is 0 Å². The van der Waals surface area contributed by atoms with Gasteiger partial charge in [-0.1, -0.05) is 6.92 Å². The maximum atomic E-state index is 5.22. The molecule has 2 fully saturated rings. The van der Waals surface area contributed by atoms with Gasteiger partial charge in [-0.3, -0.25) is 9.80 Å². The van der Waals surface area contributed by atoms with E-state index in [2.05, 4.69) is 31.6 Å². The van der Waals surface area contributed by atoms with Gasteiger partial charge in [0.15, 0.2) is 0 Å². The first kappa shape index (κ1) is 19.8. The average Bonchev–Trinajstić information content (AvgIpc) is 3.33. The molecule has 1 aromatic rings. The molecule has 0 saturated carbocycles. The fraction of sp³-hybridized carbons (Fsp3) is 0.850. The first-order chi connectivity index (χ1) is 12.8. The molecule has 0 aromatic carbocycles. The number of hydrogen-bond donors (Lipinski definition) is 1. The van der Waals surface area contributed by atoms with Gasteiger partial charge in [-0.2, -0.15) is 0 Å². The number of H-pyrrole nitrogens is 1. The minimum Gasteiger partial charge on any atom is -0.383 e. The molecule has 0 aliphatic carbocycles. The normalized spacial score (nSPS) is 23.3. The molecule has 6 nitrogen and oxygen atoms in total. The van der Waals surface area contributed by atoms with Crippen molar-refractivity contribution in [3.63, 3.8) is 0 Å². The summed E-state index contributed by atoms with van der Waals surface area (Å²) in [6.07, 6.45) is 9.12. The summed E-state index contributed by atoms with van der Waals surface area (Å²) < 4.78 is 5.22. The Kier molecular flexibility index (Phi) is 7.92. The second-order valence-corrected chi connectivity index (χ2v) is 7.93. The van der Waals surface area contributed by atoms with Gasteiger partial charge in [0.1, 0.15) is 5.82 Å². The predicted octanol–water partition coefficient (Wildman–Crippen LogP) is 2.05. The molecule has 26 heavy (non-hydrogen) atoms.